The van der Waals surface area contributed by atoms with Crippen LogP contribution in [-0.4, -0.2) is 37.6 Å². The summed E-state index contributed by atoms with van der Waals surface area (Å²) in [6.45, 7) is 2.04. The molecule has 1 aliphatic heterocycles. The van der Waals surface area contributed by atoms with E-state index in [4.69, 9.17) is 4.74 Å². The zero-order chi connectivity index (χ0) is 15.6. The van der Waals surface area contributed by atoms with E-state index in [2.05, 4.69) is 16.7 Å². The molecular weight excluding hydrogens is 280 g/mol. The van der Waals surface area contributed by atoms with Crippen molar-refractivity contribution in [1.82, 2.24) is 10.6 Å². The van der Waals surface area contributed by atoms with Crippen LogP contribution in [0.3, 0.4) is 0 Å². The number of rotatable bonds is 8. The molecule has 22 heavy (non-hydrogen) atoms. The van der Waals surface area contributed by atoms with Gasteiger partial charge in [0.2, 0.25) is 11.8 Å². The van der Waals surface area contributed by atoms with E-state index >= 15 is 0 Å². The predicted molar refractivity (Wildman–Crippen MR) is 85.4 cm³/mol. The highest BCUT2D eigenvalue weighted by Gasteiger charge is 2.16. The Morgan fingerprint density at radius 2 is 1.95 bits per heavy atom. The quantitative estimate of drug-likeness (QED) is 0.675. The van der Waals surface area contributed by atoms with Crippen molar-refractivity contribution in [3.63, 3.8) is 0 Å². The van der Waals surface area contributed by atoms with Crippen molar-refractivity contribution in [3.8, 4) is 0 Å². The average Bonchev–Trinajstić information content (AvgIpc) is 3.05. The molecule has 0 radical (unpaired) electrons. The zero-order valence-electron chi connectivity index (χ0n) is 13.4. The van der Waals surface area contributed by atoms with Crippen molar-refractivity contribution in [3.05, 3.63) is 11.6 Å². The maximum absolute atomic E-state index is 11.7. The number of carbonyl (C=O) groups excluding carboxylic acids is 2. The summed E-state index contributed by atoms with van der Waals surface area (Å²) in [5.74, 6) is -0.107. The molecule has 0 aromatic heterocycles. The van der Waals surface area contributed by atoms with E-state index in [-0.39, 0.29) is 30.8 Å². The molecular formula is C17H28N2O3. The molecule has 0 aromatic rings. The normalized spacial score (nSPS) is 21.3. The topological polar surface area (TPSA) is 67.4 Å². The molecule has 1 saturated heterocycles. The van der Waals surface area contributed by atoms with Gasteiger partial charge in [-0.2, -0.15) is 0 Å². The van der Waals surface area contributed by atoms with Gasteiger partial charge in [-0.3, -0.25) is 9.59 Å². The Hall–Kier alpha value is -1.36. The molecule has 124 valence electrons. The fourth-order valence-electron chi connectivity index (χ4n) is 2.93. The molecule has 2 rings (SSSR count). The third-order valence-electron chi connectivity index (χ3n) is 4.28. The van der Waals surface area contributed by atoms with E-state index < -0.39 is 0 Å². The van der Waals surface area contributed by atoms with Crippen LogP contribution in [0.25, 0.3) is 0 Å². The minimum Gasteiger partial charge on any atom is -0.376 e. The maximum Gasteiger partial charge on any atom is 0.220 e. The summed E-state index contributed by atoms with van der Waals surface area (Å²) >= 11 is 0. The van der Waals surface area contributed by atoms with E-state index in [0.29, 0.717) is 13.1 Å². The number of hydrogen-bond acceptors (Lipinski definition) is 3. The largest absolute Gasteiger partial charge is 0.376 e. The first-order valence-electron chi connectivity index (χ1n) is 8.57. The molecule has 0 aromatic carbocycles. The number of allylic oxidation sites excluding steroid dienone is 1. The van der Waals surface area contributed by atoms with E-state index in [0.717, 1.165) is 25.9 Å². The smallest absolute Gasteiger partial charge is 0.220 e. The molecule has 2 N–H and O–H groups in total. The average molecular weight is 308 g/mol. The third-order valence-corrected chi connectivity index (χ3v) is 4.28. The number of hydrogen-bond donors (Lipinski definition) is 2. The SMILES string of the molecule is O=C(CCC(=O)NCC1CCCO1)NCCC1=CCCCC1. The van der Waals surface area contributed by atoms with Crippen molar-refractivity contribution in [2.24, 2.45) is 0 Å². The van der Waals surface area contributed by atoms with Crippen LogP contribution in [0, 0.1) is 0 Å². The number of amides is 2. The van der Waals surface area contributed by atoms with Gasteiger partial charge >= 0.3 is 0 Å². The Balaban J connectivity index is 1.49. The van der Waals surface area contributed by atoms with Crippen molar-refractivity contribution < 1.29 is 14.3 Å². The van der Waals surface area contributed by atoms with Gasteiger partial charge in [0.25, 0.3) is 0 Å². The first-order valence-corrected chi connectivity index (χ1v) is 8.57. The molecule has 0 bridgehead atoms. The molecule has 1 heterocycles. The molecule has 0 spiro atoms. The van der Waals surface area contributed by atoms with Gasteiger partial charge in [-0.1, -0.05) is 11.6 Å². The Morgan fingerprint density at radius 3 is 2.64 bits per heavy atom. The highest BCUT2D eigenvalue weighted by molar-refractivity contribution is 5.83. The van der Waals surface area contributed by atoms with E-state index in [9.17, 15) is 9.59 Å². The Bertz CT molecular complexity index is 401. The lowest BCUT2D eigenvalue weighted by atomic mass is 9.97. The van der Waals surface area contributed by atoms with Crippen molar-refractivity contribution in [2.75, 3.05) is 19.7 Å². The van der Waals surface area contributed by atoms with Gasteiger partial charge < -0.3 is 15.4 Å². The van der Waals surface area contributed by atoms with Crippen molar-refractivity contribution >= 4 is 11.8 Å². The number of nitrogens with one attached hydrogen (secondary N) is 2. The second kappa shape index (κ2) is 9.62. The Labute approximate surface area is 132 Å². The van der Waals surface area contributed by atoms with Crippen LogP contribution in [0.1, 0.15) is 57.8 Å². The highest BCUT2D eigenvalue weighted by atomic mass is 16.5. The number of ether oxygens (including phenoxy) is 1. The second-order valence-corrected chi connectivity index (χ2v) is 6.15. The molecule has 1 unspecified atom stereocenters. The van der Waals surface area contributed by atoms with Crippen LogP contribution in [-0.2, 0) is 14.3 Å². The molecule has 5 nitrogen and oxygen atoms in total. The third kappa shape index (κ3) is 6.60. The second-order valence-electron chi connectivity index (χ2n) is 6.15. The molecule has 1 atom stereocenters. The lowest BCUT2D eigenvalue weighted by Gasteiger charge is -2.13. The van der Waals surface area contributed by atoms with Gasteiger partial charge in [0.1, 0.15) is 0 Å². The van der Waals surface area contributed by atoms with Crippen LogP contribution >= 0.6 is 0 Å². The molecule has 5 heteroatoms. The Kier molecular flexibility index (Phi) is 7.43. The first-order chi connectivity index (χ1) is 10.7. The summed E-state index contributed by atoms with van der Waals surface area (Å²) in [6, 6.07) is 0. The Morgan fingerprint density at radius 1 is 1.14 bits per heavy atom. The zero-order valence-corrected chi connectivity index (χ0v) is 13.4. The van der Waals surface area contributed by atoms with E-state index in [1.807, 2.05) is 0 Å². The maximum atomic E-state index is 11.7. The van der Waals surface area contributed by atoms with Gasteiger partial charge in [-0.25, -0.2) is 0 Å². The standard InChI is InChI=1S/C17H28N2O3/c20-16(18-11-10-14-5-2-1-3-6-14)8-9-17(21)19-13-15-7-4-12-22-15/h5,15H,1-4,6-13H2,(H,18,20)(H,19,21). The molecule has 1 aliphatic carbocycles. The molecule has 2 aliphatic rings. The van der Waals surface area contributed by atoms with Gasteiger partial charge in [-0.05, 0) is 44.9 Å². The minimum absolute atomic E-state index is 0.0383. The van der Waals surface area contributed by atoms with Gasteiger partial charge in [0.05, 0.1) is 6.10 Å². The summed E-state index contributed by atoms with van der Waals surface area (Å²) in [6.07, 6.45) is 10.9. The van der Waals surface area contributed by atoms with Crippen LogP contribution in [0.5, 0.6) is 0 Å². The first kappa shape index (κ1) is 17.0. The summed E-state index contributed by atoms with van der Waals surface area (Å²) in [5.41, 5.74) is 1.46. The predicted octanol–water partition coefficient (Wildman–Crippen LogP) is 2.07. The minimum atomic E-state index is -0.0689. The highest BCUT2D eigenvalue weighted by Crippen LogP contribution is 2.19. The van der Waals surface area contributed by atoms with Crippen molar-refractivity contribution in [1.29, 1.82) is 0 Å². The summed E-state index contributed by atoms with van der Waals surface area (Å²) in [5, 5.41) is 5.73. The number of carbonyl (C=O) groups is 2. The van der Waals surface area contributed by atoms with E-state index in [1.54, 1.807) is 0 Å². The monoisotopic (exact) mass is 308 g/mol. The molecule has 0 saturated carbocycles. The lowest BCUT2D eigenvalue weighted by molar-refractivity contribution is -0.126. The van der Waals surface area contributed by atoms with E-state index in [1.165, 1.54) is 31.3 Å². The van der Waals surface area contributed by atoms with Crippen LogP contribution in [0.4, 0.5) is 0 Å². The van der Waals surface area contributed by atoms with Gasteiger partial charge in [0, 0.05) is 32.5 Å². The fraction of sp³-hybridized carbons (Fsp3) is 0.765. The van der Waals surface area contributed by atoms with Gasteiger partial charge in [0.15, 0.2) is 0 Å². The fourth-order valence-corrected chi connectivity index (χ4v) is 2.93. The summed E-state index contributed by atoms with van der Waals surface area (Å²) < 4.78 is 5.44. The van der Waals surface area contributed by atoms with Crippen molar-refractivity contribution in [2.45, 2.75) is 63.9 Å². The van der Waals surface area contributed by atoms with Crippen LogP contribution < -0.4 is 10.6 Å². The molecule has 1 fully saturated rings. The van der Waals surface area contributed by atoms with Gasteiger partial charge in [-0.15, -0.1) is 0 Å². The molecule has 2 amide bonds. The van der Waals surface area contributed by atoms with Crippen LogP contribution in [0.2, 0.25) is 0 Å². The summed E-state index contributed by atoms with van der Waals surface area (Å²) in [4.78, 5) is 23.4. The summed E-state index contributed by atoms with van der Waals surface area (Å²) in [7, 11) is 0. The van der Waals surface area contributed by atoms with Crippen LogP contribution in [0.15, 0.2) is 11.6 Å². The lowest BCUT2D eigenvalue weighted by Crippen LogP contribution is -2.33.